The molecule has 5 heteroatoms. The van der Waals surface area contributed by atoms with Crippen LogP contribution < -0.4 is 0 Å². The monoisotopic (exact) mass is 303 g/mol. The average Bonchev–Trinajstić information content (AvgIpc) is 2.29. The van der Waals surface area contributed by atoms with Gasteiger partial charge in [0.1, 0.15) is 0 Å². The molecule has 0 aromatic heterocycles. The number of hydrogen-bond acceptors (Lipinski definition) is 2. The van der Waals surface area contributed by atoms with Gasteiger partial charge < -0.3 is 0 Å². The quantitative estimate of drug-likeness (QED) is 0.619. The van der Waals surface area contributed by atoms with Crippen LogP contribution in [0.1, 0.15) is 5.56 Å². The topological polar surface area (TPSA) is 37.4 Å². The Morgan fingerprint density at radius 1 is 1.38 bits per heavy atom. The predicted molar refractivity (Wildman–Crippen MR) is 69.1 cm³/mol. The molecule has 0 aliphatic heterocycles. The summed E-state index contributed by atoms with van der Waals surface area (Å²) in [7, 11) is -1.84. The van der Waals surface area contributed by atoms with Crippen molar-refractivity contribution in [3.63, 3.8) is 0 Å². The third kappa shape index (κ3) is 2.93. The van der Waals surface area contributed by atoms with Gasteiger partial charge in [-0.2, -0.15) is 4.31 Å². The van der Waals surface area contributed by atoms with Crippen molar-refractivity contribution in [2.75, 3.05) is 13.6 Å². The fourth-order valence-electron chi connectivity index (χ4n) is 1.21. The van der Waals surface area contributed by atoms with Crippen LogP contribution in [-0.4, -0.2) is 26.3 Å². The Morgan fingerprint density at radius 3 is 2.38 bits per heavy atom. The summed E-state index contributed by atoms with van der Waals surface area (Å²) in [5.41, 5.74) is 1.05. The van der Waals surface area contributed by atoms with Crippen LogP contribution in [0, 0.1) is 0 Å². The van der Waals surface area contributed by atoms with Crippen molar-refractivity contribution >= 4 is 26.0 Å². The summed E-state index contributed by atoms with van der Waals surface area (Å²) in [5, 5.41) is 0.718. The van der Waals surface area contributed by atoms with Gasteiger partial charge in [0, 0.05) is 18.9 Å². The second kappa shape index (κ2) is 5.61. The number of sulfonamides is 1. The minimum absolute atomic E-state index is 0.307. The first-order valence-electron chi connectivity index (χ1n) is 4.74. The summed E-state index contributed by atoms with van der Waals surface area (Å²) in [5.74, 6) is 0. The normalized spacial score (nSPS) is 11.7. The maximum absolute atomic E-state index is 12.0. The zero-order valence-electron chi connectivity index (χ0n) is 9.06. The van der Waals surface area contributed by atoms with E-state index in [1.165, 1.54) is 11.4 Å². The molecule has 0 fully saturated rings. The van der Waals surface area contributed by atoms with E-state index < -0.39 is 10.0 Å². The zero-order valence-corrected chi connectivity index (χ0v) is 11.5. The molecule has 1 rings (SSSR count). The van der Waals surface area contributed by atoms with Crippen molar-refractivity contribution in [1.82, 2.24) is 4.31 Å². The number of alkyl halides is 1. The number of halogens is 1. The molecular weight excluding hydrogens is 290 g/mol. The van der Waals surface area contributed by atoms with Crippen molar-refractivity contribution in [1.29, 1.82) is 0 Å². The van der Waals surface area contributed by atoms with E-state index in [9.17, 15) is 8.42 Å². The van der Waals surface area contributed by atoms with Crippen LogP contribution in [0.4, 0.5) is 0 Å². The van der Waals surface area contributed by atoms with E-state index in [-0.39, 0.29) is 0 Å². The van der Waals surface area contributed by atoms with Crippen molar-refractivity contribution in [2.24, 2.45) is 0 Å². The highest BCUT2D eigenvalue weighted by molar-refractivity contribution is 9.08. The van der Waals surface area contributed by atoms with Crippen LogP contribution >= 0.6 is 15.9 Å². The highest BCUT2D eigenvalue weighted by atomic mass is 79.9. The van der Waals surface area contributed by atoms with Crippen LogP contribution in [0.25, 0.3) is 0 Å². The highest BCUT2D eigenvalue weighted by Crippen LogP contribution is 2.16. The minimum Gasteiger partial charge on any atom is -0.207 e. The summed E-state index contributed by atoms with van der Waals surface area (Å²) in [6, 6.07) is 6.82. The lowest BCUT2D eigenvalue weighted by Gasteiger charge is -2.15. The fraction of sp³-hybridized carbons (Fsp3) is 0.273. The predicted octanol–water partition coefficient (Wildman–Crippen LogP) is 2.39. The van der Waals surface area contributed by atoms with Gasteiger partial charge in [0.25, 0.3) is 0 Å². The van der Waals surface area contributed by atoms with Crippen LogP contribution in [-0.2, 0) is 15.4 Å². The van der Waals surface area contributed by atoms with E-state index in [1.54, 1.807) is 30.3 Å². The zero-order chi connectivity index (χ0) is 12.2. The van der Waals surface area contributed by atoms with Crippen LogP contribution in [0.5, 0.6) is 0 Å². The third-order valence-electron chi connectivity index (χ3n) is 2.17. The smallest absolute Gasteiger partial charge is 0.207 e. The molecule has 16 heavy (non-hydrogen) atoms. The first-order chi connectivity index (χ1) is 7.52. The van der Waals surface area contributed by atoms with E-state index in [1.807, 2.05) is 0 Å². The molecule has 88 valence electrons. The summed E-state index contributed by atoms with van der Waals surface area (Å²) in [4.78, 5) is 0.307. The fourth-order valence-corrected chi connectivity index (χ4v) is 2.73. The van der Waals surface area contributed by atoms with E-state index in [2.05, 4.69) is 22.5 Å². The first-order valence-corrected chi connectivity index (χ1v) is 7.30. The maximum atomic E-state index is 12.0. The van der Waals surface area contributed by atoms with E-state index in [4.69, 9.17) is 0 Å². The SMILES string of the molecule is C=CCN(C)S(=O)(=O)c1ccc(CBr)cc1. The number of rotatable bonds is 5. The molecule has 0 spiro atoms. The molecule has 0 heterocycles. The van der Waals surface area contributed by atoms with Crippen molar-refractivity contribution in [3.05, 3.63) is 42.5 Å². The lowest BCUT2D eigenvalue weighted by Crippen LogP contribution is -2.26. The second-order valence-electron chi connectivity index (χ2n) is 3.35. The Hall–Kier alpha value is -0.650. The minimum atomic E-state index is -3.38. The van der Waals surface area contributed by atoms with E-state index in [0.717, 1.165) is 10.9 Å². The van der Waals surface area contributed by atoms with Crippen molar-refractivity contribution < 1.29 is 8.42 Å². The van der Waals surface area contributed by atoms with E-state index >= 15 is 0 Å². The lowest BCUT2D eigenvalue weighted by atomic mass is 10.2. The van der Waals surface area contributed by atoms with Gasteiger partial charge in [-0.05, 0) is 17.7 Å². The molecule has 0 bridgehead atoms. The maximum Gasteiger partial charge on any atom is 0.243 e. The number of nitrogens with zero attached hydrogens (tertiary/aromatic N) is 1. The molecule has 0 unspecified atom stereocenters. The van der Waals surface area contributed by atoms with Crippen LogP contribution in [0.2, 0.25) is 0 Å². The molecule has 3 nitrogen and oxygen atoms in total. The van der Waals surface area contributed by atoms with Crippen LogP contribution in [0.3, 0.4) is 0 Å². The lowest BCUT2D eigenvalue weighted by molar-refractivity contribution is 0.499. The Bertz CT molecular complexity index is 453. The van der Waals surface area contributed by atoms with Gasteiger partial charge in [0.15, 0.2) is 0 Å². The second-order valence-corrected chi connectivity index (χ2v) is 5.96. The van der Waals surface area contributed by atoms with Gasteiger partial charge >= 0.3 is 0 Å². The molecule has 0 saturated heterocycles. The van der Waals surface area contributed by atoms with Gasteiger partial charge in [-0.25, -0.2) is 8.42 Å². The summed E-state index contributed by atoms with van der Waals surface area (Å²) in [6.45, 7) is 3.83. The molecular formula is C11H14BrNO2S. The molecule has 0 atom stereocenters. The molecule has 0 aliphatic rings. The molecule has 0 radical (unpaired) electrons. The molecule has 1 aromatic carbocycles. The molecule has 0 amide bonds. The van der Waals surface area contributed by atoms with Gasteiger partial charge in [-0.3, -0.25) is 0 Å². The van der Waals surface area contributed by atoms with Gasteiger partial charge in [-0.15, -0.1) is 6.58 Å². The highest BCUT2D eigenvalue weighted by Gasteiger charge is 2.18. The largest absolute Gasteiger partial charge is 0.243 e. The Kier molecular flexibility index (Phi) is 4.70. The standard InChI is InChI=1S/C11H14BrNO2S/c1-3-8-13(2)16(14,15)11-6-4-10(9-12)5-7-11/h3-7H,1,8-9H2,2H3. The number of benzene rings is 1. The Balaban J connectivity index is 3.02. The Labute approximate surface area is 105 Å². The molecule has 0 N–H and O–H groups in total. The van der Waals surface area contributed by atoms with Gasteiger partial charge in [0.05, 0.1) is 4.90 Å². The van der Waals surface area contributed by atoms with Crippen LogP contribution in [0.15, 0.2) is 41.8 Å². The summed E-state index contributed by atoms with van der Waals surface area (Å²) < 4.78 is 25.2. The molecule has 1 aromatic rings. The first kappa shape index (κ1) is 13.4. The summed E-state index contributed by atoms with van der Waals surface area (Å²) >= 11 is 3.31. The van der Waals surface area contributed by atoms with Crippen molar-refractivity contribution in [2.45, 2.75) is 10.2 Å². The number of hydrogen-bond donors (Lipinski definition) is 0. The van der Waals surface area contributed by atoms with Gasteiger partial charge in [0.2, 0.25) is 10.0 Å². The van der Waals surface area contributed by atoms with Gasteiger partial charge in [-0.1, -0.05) is 34.1 Å². The molecule has 0 aliphatic carbocycles. The molecule has 0 saturated carbocycles. The number of likely N-dealkylation sites (N-methyl/N-ethyl adjacent to an activating group) is 1. The third-order valence-corrected chi connectivity index (χ3v) is 4.66. The van der Waals surface area contributed by atoms with Crippen molar-refractivity contribution in [3.8, 4) is 0 Å². The van der Waals surface area contributed by atoms with E-state index in [0.29, 0.717) is 11.4 Å². The summed E-state index contributed by atoms with van der Waals surface area (Å²) in [6.07, 6.45) is 1.56. The average molecular weight is 304 g/mol. The Morgan fingerprint density at radius 2 is 1.94 bits per heavy atom.